The van der Waals surface area contributed by atoms with Crippen LogP contribution in [0.4, 0.5) is 5.69 Å². The summed E-state index contributed by atoms with van der Waals surface area (Å²) in [5.74, 6) is 0.323. The van der Waals surface area contributed by atoms with Crippen molar-refractivity contribution in [3.63, 3.8) is 0 Å². The molecule has 0 saturated carbocycles. The molecule has 2 heteroatoms. The molecule has 1 heterocycles. The van der Waals surface area contributed by atoms with Crippen molar-refractivity contribution in [3.8, 4) is 0 Å². The third kappa shape index (κ3) is 2.84. The van der Waals surface area contributed by atoms with E-state index < -0.39 is 0 Å². The summed E-state index contributed by atoms with van der Waals surface area (Å²) in [6, 6.07) is 9.72. The number of anilines is 1. The van der Waals surface area contributed by atoms with Crippen molar-refractivity contribution in [1.29, 1.82) is 0 Å². The van der Waals surface area contributed by atoms with Gasteiger partial charge >= 0.3 is 0 Å². The third-order valence-corrected chi connectivity index (χ3v) is 3.45. The molecule has 1 amide bonds. The van der Waals surface area contributed by atoms with E-state index in [1.165, 1.54) is 0 Å². The van der Waals surface area contributed by atoms with Crippen molar-refractivity contribution in [3.05, 3.63) is 67.9 Å². The average Bonchev–Trinajstić information content (AvgIpc) is 2.44. The lowest BCUT2D eigenvalue weighted by Crippen LogP contribution is -2.38. The Bertz CT molecular complexity index is 489. The largest absolute Gasteiger partial charge is 0.288 e. The van der Waals surface area contributed by atoms with Gasteiger partial charge in [-0.15, -0.1) is 13.2 Å². The summed E-state index contributed by atoms with van der Waals surface area (Å²) in [7, 11) is 0. The minimum absolute atomic E-state index is 0.0410. The summed E-state index contributed by atoms with van der Waals surface area (Å²) in [6.45, 7) is 7.53. The summed E-state index contributed by atoms with van der Waals surface area (Å²) in [5.41, 5.74) is 0.912. The van der Waals surface area contributed by atoms with Crippen LogP contribution in [-0.2, 0) is 4.79 Å². The molecule has 1 aliphatic rings. The van der Waals surface area contributed by atoms with Crippen LogP contribution >= 0.6 is 0 Å². The number of amides is 1. The smallest absolute Gasteiger partial charge is 0.235 e. The Morgan fingerprint density at radius 3 is 2.42 bits per heavy atom. The number of carbonyl (C=O) groups excluding carboxylic acids is 1. The SMILES string of the molecule is C=CC[C@H]1C=CN(c2ccccc2)C(=O)[C@@H]1CC=C. The van der Waals surface area contributed by atoms with Crippen molar-refractivity contribution >= 4 is 11.6 Å². The maximum absolute atomic E-state index is 12.6. The van der Waals surface area contributed by atoms with Crippen molar-refractivity contribution in [1.82, 2.24) is 0 Å². The van der Waals surface area contributed by atoms with Gasteiger partial charge in [0.2, 0.25) is 5.91 Å². The molecule has 1 aromatic carbocycles. The Morgan fingerprint density at radius 1 is 1.11 bits per heavy atom. The van der Waals surface area contributed by atoms with Gasteiger partial charge in [-0.05, 0) is 30.9 Å². The van der Waals surface area contributed by atoms with Gasteiger partial charge in [-0.1, -0.05) is 36.4 Å². The van der Waals surface area contributed by atoms with Crippen LogP contribution in [0.5, 0.6) is 0 Å². The predicted molar refractivity (Wildman–Crippen MR) is 79.7 cm³/mol. The molecule has 2 nitrogen and oxygen atoms in total. The summed E-state index contributed by atoms with van der Waals surface area (Å²) in [5, 5.41) is 0. The van der Waals surface area contributed by atoms with Crippen LogP contribution < -0.4 is 4.90 Å². The Kier molecular flexibility index (Phi) is 4.35. The van der Waals surface area contributed by atoms with Crippen molar-refractivity contribution in [2.24, 2.45) is 11.8 Å². The van der Waals surface area contributed by atoms with Gasteiger partial charge in [0.05, 0.1) is 0 Å². The van der Waals surface area contributed by atoms with E-state index >= 15 is 0 Å². The van der Waals surface area contributed by atoms with E-state index in [4.69, 9.17) is 0 Å². The van der Waals surface area contributed by atoms with Gasteiger partial charge < -0.3 is 0 Å². The zero-order chi connectivity index (χ0) is 13.7. The second-order valence-electron chi connectivity index (χ2n) is 4.70. The quantitative estimate of drug-likeness (QED) is 0.728. The van der Waals surface area contributed by atoms with E-state index in [0.29, 0.717) is 6.42 Å². The molecule has 0 fully saturated rings. The van der Waals surface area contributed by atoms with Crippen LogP contribution in [0.15, 0.2) is 67.9 Å². The average molecular weight is 253 g/mol. The molecule has 2 rings (SSSR count). The minimum Gasteiger partial charge on any atom is -0.288 e. The zero-order valence-corrected chi connectivity index (χ0v) is 11.0. The van der Waals surface area contributed by atoms with E-state index in [-0.39, 0.29) is 17.7 Å². The van der Waals surface area contributed by atoms with Gasteiger partial charge in [0, 0.05) is 17.8 Å². The first-order chi connectivity index (χ1) is 9.27. The Morgan fingerprint density at radius 2 is 1.79 bits per heavy atom. The number of rotatable bonds is 5. The topological polar surface area (TPSA) is 20.3 Å². The highest BCUT2D eigenvalue weighted by Crippen LogP contribution is 2.31. The van der Waals surface area contributed by atoms with E-state index in [0.717, 1.165) is 12.1 Å². The minimum atomic E-state index is -0.0410. The van der Waals surface area contributed by atoms with Gasteiger partial charge in [-0.25, -0.2) is 0 Å². The van der Waals surface area contributed by atoms with Gasteiger partial charge in [0.15, 0.2) is 0 Å². The third-order valence-electron chi connectivity index (χ3n) is 3.45. The second-order valence-corrected chi connectivity index (χ2v) is 4.70. The van der Waals surface area contributed by atoms with Crippen LogP contribution in [0.2, 0.25) is 0 Å². The van der Waals surface area contributed by atoms with Crippen LogP contribution in [0.3, 0.4) is 0 Å². The number of hydrogen-bond donors (Lipinski definition) is 0. The van der Waals surface area contributed by atoms with Crippen molar-refractivity contribution in [2.75, 3.05) is 4.90 Å². The van der Waals surface area contributed by atoms with Crippen LogP contribution in [0.1, 0.15) is 12.8 Å². The van der Waals surface area contributed by atoms with Gasteiger partial charge in [0.1, 0.15) is 0 Å². The number of benzene rings is 1. The maximum Gasteiger partial charge on any atom is 0.235 e. The summed E-state index contributed by atoms with van der Waals surface area (Å²) < 4.78 is 0. The first kappa shape index (κ1) is 13.3. The number of nitrogens with zero attached hydrogens (tertiary/aromatic N) is 1. The lowest BCUT2D eigenvalue weighted by molar-refractivity contribution is -0.123. The molecule has 19 heavy (non-hydrogen) atoms. The summed E-state index contributed by atoms with van der Waals surface area (Å²) in [6.07, 6.45) is 9.20. The summed E-state index contributed by atoms with van der Waals surface area (Å²) in [4.78, 5) is 14.3. The van der Waals surface area contributed by atoms with Crippen molar-refractivity contribution < 1.29 is 4.79 Å². The van der Waals surface area contributed by atoms with Gasteiger partial charge in [0.25, 0.3) is 0 Å². The first-order valence-corrected chi connectivity index (χ1v) is 6.56. The zero-order valence-electron chi connectivity index (χ0n) is 11.0. The molecule has 0 radical (unpaired) electrons. The molecule has 1 aromatic rings. The van der Waals surface area contributed by atoms with E-state index in [1.54, 1.807) is 4.90 Å². The monoisotopic (exact) mass is 253 g/mol. The molecular formula is C17H19NO. The van der Waals surface area contributed by atoms with Crippen LogP contribution in [0, 0.1) is 11.8 Å². The predicted octanol–water partition coefficient (Wildman–Crippen LogP) is 3.93. The normalized spacial score (nSPS) is 22.3. The highest BCUT2D eigenvalue weighted by molar-refractivity contribution is 5.98. The molecule has 98 valence electrons. The molecule has 0 N–H and O–H groups in total. The molecule has 0 saturated heterocycles. The van der Waals surface area contributed by atoms with Crippen molar-refractivity contribution in [2.45, 2.75) is 12.8 Å². The molecular weight excluding hydrogens is 234 g/mol. The molecule has 0 bridgehead atoms. The molecule has 0 aromatic heterocycles. The fourth-order valence-corrected chi connectivity index (χ4v) is 2.46. The second kappa shape index (κ2) is 6.19. The standard InChI is InChI=1S/C17H19NO/c1-3-8-14-12-13-18(15-10-6-5-7-11-15)17(19)16(14)9-4-2/h3-7,10-14,16H,1-2,8-9H2/t14-,16+/m0/s1. The Hall–Kier alpha value is -2.09. The molecule has 1 aliphatic heterocycles. The molecule has 0 aliphatic carbocycles. The Balaban J connectivity index is 2.29. The van der Waals surface area contributed by atoms with Crippen LogP contribution in [-0.4, -0.2) is 5.91 Å². The lowest BCUT2D eigenvalue weighted by atomic mass is 9.83. The van der Waals surface area contributed by atoms with Crippen LogP contribution in [0.25, 0.3) is 0 Å². The van der Waals surface area contributed by atoms with E-state index in [1.807, 2.05) is 48.7 Å². The number of allylic oxidation sites excluding steroid dienone is 3. The molecule has 0 unspecified atom stereocenters. The van der Waals surface area contributed by atoms with E-state index in [2.05, 4.69) is 19.2 Å². The van der Waals surface area contributed by atoms with Gasteiger partial charge in [-0.2, -0.15) is 0 Å². The maximum atomic E-state index is 12.6. The fraction of sp³-hybridized carbons (Fsp3) is 0.235. The fourth-order valence-electron chi connectivity index (χ4n) is 2.46. The highest BCUT2D eigenvalue weighted by Gasteiger charge is 2.32. The number of para-hydroxylation sites is 1. The molecule has 2 atom stereocenters. The van der Waals surface area contributed by atoms with Gasteiger partial charge in [-0.3, -0.25) is 9.69 Å². The Labute approximate surface area is 114 Å². The highest BCUT2D eigenvalue weighted by atomic mass is 16.2. The van der Waals surface area contributed by atoms with E-state index in [9.17, 15) is 4.79 Å². The number of hydrogen-bond acceptors (Lipinski definition) is 1. The lowest BCUT2D eigenvalue weighted by Gasteiger charge is -2.32. The first-order valence-electron chi connectivity index (χ1n) is 6.56. The number of carbonyl (C=O) groups is 1. The molecule has 0 spiro atoms. The summed E-state index contributed by atoms with van der Waals surface area (Å²) >= 11 is 0.